The number of nitrogens with zero attached hydrogens (tertiary/aromatic N) is 1. The molecule has 0 radical (unpaired) electrons. The number of nitrogens with one attached hydrogen (secondary N) is 1. The van der Waals surface area contributed by atoms with E-state index in [0.29, 0.717) is 13.1 Å². The van der Waals surface area contributed by atoms with E-state index >= 15 is 0 Å². The molecule has 0 saturated heterocycles. The van der Waals surface area contributed by atoms with Gasteiger partial charge >= 0.3 is 0 Å². The predicted molar refractivity (Wildman–Crippen MR) is 102 cm³/mol. The van der Waals surface area contributed by atoms with Gasteiger partial charge < -0.3 is 4.90 Å². The lowest BCUT2D eigenvalue weighted by molar-refractivity contribution is -0.131. The summed E-state index contributed by atoms with van der Waals surface area (Å²) in [6.07, 6.45) is 1.98. The molecule has 1 aromatic carbocycles. The van der Waals surface area contributed by atoms with Crippen molar-refractivity contribution in [1.82, 2.24) is 9.62 Å². The summed E-state index contributed by atoms with van der Waals surface area (Å²) in [5, 5.41) is 0. The van der Waals surface area contributed by atoms with Crippen molar-refractivity contribution in [1.29, 1.82) is 0 Å². The molecule has 0 unspecified atom stereocenters. The average Bonchev–Trinajstić information content (AvgIpc) is 2.53. The topological polar surface area (TPSA) is 66.5 Å². The third kappa shape index (κ3) is 6.78. The van der Waals surface area contributed by atoms with E-state index in [1.165, 1.54) is 0 Å². The van der Waals surface area contributed by atoms with E-state index in [0.717, 1.165) is 18.4 Å². The Bertz CT molecular complexity index is 640. The average molecular weight is 369 g/mol. The molecule has 142 valence electrons. The first kappa shape index (κ1) is 21.6. The first-order valence-electron chi connectivity index (χ1n) is 8.99. The lowest BCUT2D eigenvalue weighted by atomic mass is 9.87. The Morgan fingerprint density at radius 3 is 2.00 bits per heavy atom. The zero-order valence-electron chi connectivity index (χ0n) is 16.1. The third-order valence-electron chi connectivity index (χ3n) is 4.00. The fraction of sp³-hybridized carbons (Fsp3) is 0.632. The molecule has 0 atom stereocenters. The molecule has 6 heteroatoms. The summed E-state index contributed by atoms with van der Waals surface area (Å²) in [6, 6.07) is 6.91. The van der Waals surface area contributed by atoms with Gasteiger partial charge in [-0.05, 0) is 36.0 Å². The number of benzene rings is 1. The maximum Gasteiger partial charge on any atom is 0.240 e. The molecule has 0 spiro atoms. The number of sulfonamides is 1. The smallest absolute Gasteiger partial charge is 0.240 e. The SMILES string of the molecule is CCCN(CCC)C(=O)CCNS(=O)(=O)c1ccc(C(C)(C)C)cc1. The highest BCUT2D eigenvalue weighted by Crippen LogP contribution is 2.23. The van der Waals surface area contributed by atoms with E-state index in [1.54, 1.807) is 17.0 Å². The van der Waals surface area contributed by atoms with Crippen molar-refractivity contribution in [3.8, 4) is 0 Å². The third-order valence-corrected chi connectivity index (χ3v) is 5.48. The largest absolute Gasteiger partial charge is 0.343 e. The van der Waals surface area contributed by atoms with Crippen molar-refractivity contribution in [2.24, 2.45) is 0 Å². The van der Waals surface area contributed by atoms with Gasteiger partial charge in [0.25, 0.3) is 0 Å². The van der Waals surface area contributed by atoms with E-state index < -0.39 is 10.0 Å². The van der Waals surface area contributed by atoms with Crippen molar-refractivity contribution in [2.75, 3.05) is 19.6 Å². The maximum absolute atomic E-state index is 12.4. The van der Waals surface area contributed by atoms with Gasteiger partial charge in [0.1, 0.15) is 0 Å². The Morgan fingerprint density at radius 1 is 1.04 bits per heavy atom. The van der Waals surface area contributed by atoms with E-state index in [-0.39, 0.29) is 29.2 Å². The highest BCUT2D eigenvalue weighted by atomic mass is 32.2. The highest BCUT2D eigenvalue weighted by Gasteiger charge is 2.18. The summed E-state index contributed by atoms with van der Waals surface area (Å²) in [5.41, 5.74) is 1.06. The molecule has 0 aromatic heterocycles. The van der Waals surface area contributed by atoms with Gasteiger partial charge in [-0.2, -0.15) is 0 Å². The number of carbonyl (C=O) groups excluding carboxylic acids is 1. The van der Waals surface area contributed by atoms with Gasteiger partial charge in [0, 0.05) is 26.1 Å². The van der Waals surface area contributed by atoms with Crippen LogP contribution in [0.15, 0.2) is 29.2 Å². The van der Waals surface area contributed by atoms with Crippen LogP contribution < -0.4 is 4.72 Å². The van der Waals surface area contributed by atoms with Crippen LogP contribution in [-0.4, -0.2) is 38.9 Å². The molecule has 0 bridgehead atoms. The molecular weight excluding hydrogens is 336 g/mol. The second-order valence-electron chi connectivity index (χ2n) is 7.30. The standard InChI is InChI=1S/C19H32N2O3S/c1-6-14-21(15-7-2)18(22)12-13-20-25(23,24)17-10-8-16(9-11-17)19(3,4)5/h8-11,20H,6-7,12-15H2,1-5H3. The molecule has 0 fully saturated rings. The van der Waals surface area contributed by atoms with Gasteiger partial charge in [0.05, 0.1) is 4.90 Å². The molecular formula is C19H32N2O3S. The zero-order valence-corrected chi connectivity index (χ0v) is 16.9. The monoisotopic (exact) mass is 368 g/mol. The van der Waals surface area contributed by atoms with Crippen LogP contribution in [-0.2, 0) is 20.2 Å². The lowest BCUT2D eigenvalue weighted by Gasteiger charge is -2.21. The fourth-order valence-electron chi connectivity index (χ4n) is 2.57. The van der Waals surface area contributed by atoms with Crippen LogP contribution in [0.1, 0.15) is 59.4 Å². The van der Waals surface area contributed by atoms with Gasteiger partial charge in [0.2, 0.25) is 15.9 Å². The van der Waals surface area contributed by atoms with Crippen molar-refractivity contribution in [3.05, 3.63) is 29.8 Å². The van der Waals surface area contributed by atoms with Crippen molar-refractivity contribution in [3.63, 3.8) is 0 Å². The summed E-state index contributed by atoms with van der Waals surface area (Å²) < 4.78 is 27.2. The van der Waals surface area contributed by atoms with Crippen LogP contribution >= 0.6 is 0 Å². The van der Waals surface area contributed by atoms with Gasteiger partial charge in [-0.1, -0.05) is 46.8 Å². The fourth-order valence-corrected chi connectivity index (χ4v) is 3.60. The molecule has 1 N–H and O–H groups in total. The van der Waals surface area contributed by atoms with Gasteiger partial charge in [-0.3, -0.25) is 4.79 Å². The summed E-state index contributed by atoms with van der Waals surface area (Å²) in [6.45, 7) is 11.9. The number of amides is 1. The highest BCUT2D eigenvalue weighted by molar-refractivity contribution is 7.89. The summed E-state index contributed by atoms with van der Waals surface area (Å²) >= 11 is 0. The molecule has 1 rings (SSSR count). The minimum atomic E-state index is -3.59. The van der Waals surface area contributed by atoms with E-state index in [2.05, 4.69) is 25.5 Å². The molecule has 0 aliphatic carbocycles. The second-order valence-corrected chi connectivity index (χ2v) is 9.07. The Labute approximate surface area is 152 Å². The number of carbonyl (C=O) groups is 1. The van der Waals surface area contributed by atoms with Crippen LogP contribution in [0.4, 0.5) is 0 Å². The van der Waals surface area contributed by atoms with Crippen LogP contribution in [0.5, 0.6) is 0 Å². The van der Waals surface area contributed by atoms with E-state index in [1.807, 2.05) is 26.0 Å². The van der Waals surface area contributed by atoms with Crippen molar-refractivity contribution < 1.29 is 13.2 Å². The second kappa shape index (κ2) is 9.34. The Hall–Kier alpha value is -1.40. The number of hydrogen-bond acceptors (Lipinski definition) is 3. The van der Waals surface area contributed by atoms with Gasteiger partial charge in [-0.25, -0.2) is 13.1 Å². The molecule has 5 nitrogen and oxygen atoms in total. The lowest BCUT2D eigenvalue weighted by Crippen LogP contribution is -2.35. The molecule has 0 aliphatic heterocycles. The maximum atomic E-state index is 12.4. The molecule has 0 aliphatic rings. The zero-order chi connectivity index (χ0) is 19.1. The first-order valence-corrected chi connectivity index (χ1v) is 10.5. The number of hydrogen-bond donors (Lipinski definition) is 1. The van der Waals surface area contributed by atoms with E-state index in [4.69, 9.17) is 0 Å². The van der Waals surface area contributed by atoms with Crippen LogP contribution in [0.3, 0.4) is 0 Å². The van der Waals surface area contributed by atoms with Crippen LogP contribution in [0, 0.1) is 0 Å². The Morgan fingerprint density at radius 2 is 1.56 bits per heavy atom. The Kier molecular flexibility index (Phi) is 8.09. The van der Waals surface area contributed by atoms with Crippen LogP contribution in [0.2, 0.25) is 0 Å². The Balaban J connectivity index is 2.65. The van der Waals surface area contributed by atoms with Crippen molar-refractivity contribution >= 4 is 15.9 Å². The molecule has 0 saturated carbocycles. The first-order chi connectivity index (χ1) is 11.6. The molecule has 1 amide bonds. The van der Waals surface area contributed by atoms with Gasteiger partial charge in [-0.15, -0.1) is 0 Å². The summed E-state index contributed by atoms with van der Waals surface area (Å²) in [5.74, 6) is -0.00511. The van der Waals surface area contributed by atoms with Crippen molar-refractivity contribution in [2.45, 2.75) is 64.2 Å². The normalized spacial score (nSPS) is 12.2. The van der Waals surface area contributed by atoms with E-state index in [9.17, 15) is 13.2 Å². The van der Waals surface area contributed by atoms with Gasteiger partial charge in [0.15, 0.2) is 0 Å². The summed E-state index contributed by atoms with van der Waals surface area (Å²) in [7, 11) is -3.59. The number of rotatable bonds is 9. The molecule has 1 aromatic rings. The minimum absolute atomic E-state index is 0.00511. The molecule has 25 heavy (non-hydrogen) atoms. The summed E-state index contributed by atoms with van der Waals surface area (Å²) in [4.78, 5) is 14.2. The van der Waals surface area contributed by atoms with Crippen LogP contribution in [0.25, 0.3) is 0 Å². The quantitative estimate of drug-likeness (QED) is 0.727. The molecule has 0 heterocycles. The predicted octanol–water partition coefficient (Wildman–Crippen LogP) is 3.30. The minimum Gasteiger partial charge on any atom is -0.343 e.